The molecule has 0 aliphatic rings. The fourth-order valence-corrected chi connectivity index (χ4v) is 1.61. The molecule has 1 aromatic heterocycles. The Hall–Kier alpha value is -2.02. The number of carbonyl (C=O) groups is 2. The largest absolute Gasteiger partial charge is 0.302 e. The molecule has 6 nitrogen and oxygen atoms in total. The monoisotopic (exact) mass is 294 g/mol. The number of nitrogens with zero attached hydrogens (tertiary/aromatic N) is 1. The minimum atomic E-state index is -0.352. The van der Waals surface area contributed by atoms with E-state index in [4.69, 9.17) is 12.2 Å². The number of nitrogens with one attached hydrogen (secondary N) is 3. The molecule has 0 aliphatic carbocycles. The molecule has 0 radical (unpaired) electrons. The molecule has 7 heteroatoms. The lowest BCUT2D eigenvalue weighted by molar-refractivity contribution is -0.119. The van der Waals surface area contributed by atoms with Gasteiger partial charge < -0.3 is 5.32 Å². The van der Waals surface area contributed by atoms with Gasteiger partial charge in [0.15, 0.2) is 5.11 Å². The number of hydrogen-bond donors (Lipinski definition) is 3. The van der Waals surface area contributed by atoms with Crippen molar-refractivity contribution in [2.75, 3.05) is 0 Å². The van der Waals surface area contributed by atoms with Crippen LogP contribution >= 0.6 is 12.2 Å². The summed E-state index contributed by atoms with van der Waals surface area (Å²) in [5.74, 6) is -0.510. The molecule has 108 valence electrons. The van der Waals surface area contributed by atoms with Crippen molar-refractivity contribution in [2.24, 2.45) is 0 Å². The molecule has 1 heterocycles. The van der Waals surface area contributed by atoms with Crippen LogP contribution in [-0.4, -0.2) is 21.9 Å². The van der Waals surface area contributed by atoms with E-state index in [1.165, 1.54) is 12.4 Å². The van der Waals surface area contributed by atoms with E-state index in [9.17, 15) is 9.59 Å². The van der Waals surface area contributed by atoms with E-state index >= 15 is 0 Å². The maximum Gasteiger partial charge on any atom is 0.269 e. The van der Waals surface area contributed by atoms with Crippen molar-refractivity contribution in [3.63, 3.8) is 0 Å². The van der Waals surface area contributed by atoms with Crippen LogP contribution in [0, 0.1) is 0 Å². The Bertz CT molecular complexity index is 465. The van der Waals surface area contributed by atoms with E-state index in [1.54, 1.807) is 12.1 Å². The summed E-state index contributed by atoms with van der Waals surface area (Å²) in [6.07, 6.45) is 6.35. The summed E-state index contributed by atoms with van der Waals surface area (Å²) in [6, 6.07) is 3.15. The van der Waals surface area contributed by atoms with Crippen molar-refractivity contribution in [1.82, 2.24) is 21.2 Å². The molecular weight excluding hydrogens is 276 g/mol. The summed E-state index contributed by atoms with van der Waals surface area (Å²) in [5, 5.41) is 2.58. The van der Waals surface area contributed by atoms with Crippen molar-refractivity contribution in [3.8, 4) is 0 Å². The number of hydrogen-bond acceptors (Lipinski definition) is 4. The van der Waals surface area contributed by atoms with Crippen LogP contribution in [0.4, 0.5) is 0 Å². The van der Waals surface area contributed by atoms with Gasteiger partial charge in [0.2, 0.25) is 5.91 Å². The zero-order valence-electron chi connectivity index (χ0n) is 11.3. The minimum absolute atomic E-state index is 0.0777. The first-order valence-corrected chi connectivity index (χ1v) is 6.84. The number of carbonyl (C=O) groups excluding carboxylic acids is 2. The minimum Gasteiger partial charge on any atom is -0.302 e. The van der Waals surface area contributed by atoms with Gasteiger partial charge in [-0.25, -0.2) is 0 Å². The summed E-state index contributed by atoms with van der Waals surface area (Å²) in [6.45, 7) is 2.07. The van der Waals surface area contributed by atoms with Crippen LogP contribution in [0.1, 0.15) is 43.0 Å². The molecule has 0 spiro atoms. The van der Waals surface area contributed by atoms with Crippen molar-refractivity contribution in [1.29, 1.82) is 0 Å². The van der Waals surface area contributed by atoms with E-state index in [0.29, 0.717) is 12.0 Å². The van der Waals surface area contributed by atoms with Crippen LogP contribution in [0.2, 0.25) is 0 Å². The molecule has 3 N–H and O–H groups in total. The van der Waals surface area contributed by atoms with Crippen LogP contribution in [-0.2, 0) is 4.79 Å². The summed E-state index contributed by atoms with van der Waals surface area (Å²) in [4.78, 5) is 27.0. The Morgan fingerprint density at radius 2 is 1.90 bits per heavy atom. The maximum atomic E-state index is 11.7. The Balaban J connectivity index is 2.26. The molecule has 0 bridgehead atoms. The molecular formula is C13H18N4O2S. The highest BCUT2D eigenvalue weighted by molar-refractivity contribution is 7.80. The zero-order chi connectivity index (χ0) is 14.8. The lowest BCUT2D eigenvalue weighted by Crippen LogP contribution is -2.48. The number of thiocarbonyl (C=S) groups is 1. The van der Waals surface area contributed by atoms with Crippen LogP contribution in [0.3, 0.4) is 0 Å². The highest BCUT2D eigenvalue weighted by Gasteiger charge is 2.07. The summed E-state index contributed by atoms with van der Waals surface area (Å²) < 4.78 is 0. The van der Waals surface area contributed by atoms with Gasteiger partial charge in [-0.3, -0.25) is 25.4 Å². The van der Waals surface area contributed by atoms with Crippen LogP contribution in [0.15, 0.2) is 24.5 Å². The van der Waals surface area contributed by atoms with E-state index < -0.39 is 0 Å². The average Bonchev–Trinajstić information content (AvgIpc) is 2.46. The van der Waals surface area contributed by atoms with Gasteiger partial charge in [-0.15, -0.1) is 0 Å². The molecule has 0 atom stereocenters. The lowest BCUT2D eigenvalue weighted by atomic mass is 10.2. The Labute approximate surface area is 123 Å². The normalized spacial score (nSPS) is 9.65. The first kappa shape index (κ1) is 16.0. The summed E-state index contributed by atoms with van der Waals surface area (Å²) in [5.41, 5.74) is 5.33. The number of amides is 2. The predicted molar refractivity (Wildman–Crippen MR) is 79.7 cm³/mol. The third kappa shape index (κ3) is 6.24. The van der Waals surface area contributed by atoms with E-state index in [-0.39, 0.29) is 16.9 Å². The molecule has 20 heavy (non-hydrogen) atoms. The van der Waals surface area contributed by atoms with Gasteiger partial charge >= 0.3 is 0 Å². The van der Waals surface area contributed by atoms with E-state index in [2.05, 4.69) is 28.1 Å². The highest BCUT2D eigenvalue weighted by Crippen LogP contribution is 1.98. The first-order chi connectivity index (χ1) is 9.63. The molecule has 0 unspecified atom stereocenters. The van der Waals surface area contributed by atoms with Crippen molar-refractivity contribution >= 4 is 29.1 Å². The fourth-order valence-electron chi connectivity index (χ4n) is 1.44. The lowest BCUT2D eigenvalue weighted by Gasteiger charge is -2.10. The Morgan fingerprint density at radius 3 is 2.55 bits per heavy atom. The van der Waals surface area contributed by atoms with Gasteiger partial charge in [0.25, 0.3) is 5.91 Å². The Morgan fingerprint density at radius 1 is 1.20 bits per heavy atom. The SMILES string of the molecule is CCCCCC(=O)NC(=S)NNC(=O)c1ccncc1. The second-order valence-electron chi connectivity index (χ2n) is 4.15. The van der Waals surface area contributed by atoms with Crippen molar-refractivity contribution in [2.45, 2.75) is 32.6 Å². The molecule has 0 saturated heterocycles. The average molecular weight is 294 g/mol. The first-order valence-electron chi connectivity index (χ1n) is 6.43. The van der Waals surface area contributed by atoms with Crippen LogP contribution in [0.25, 0.3) is 0 Å². The van der Waals surface area contributed by atoms with E-state index in [0.717, 1.165) is 19.3 Å². The van der Waals surface area contributed by atoms with Gasteiger partial charge in [0.05, 0.1) is 0 Å². The number of pyridine rings is 1. The zero-order valence-corrected chi connectivity index (χ0v) is 12.1. The maximum absolute atomic E-state index is 11.7. The summed E-state index contributed by atoms with van der Waals surface area (Å²) in [7, 11) is 0. The summed E-state index contributed by atoms with van der Waals surface area (Å²) >= 11 is 4.91. The number of hydrazine groups is 1. The van der Waals surface area contributed by atoms with Crippen LogP contribution < -0.4 is 16.2 Å². The molecule has 0 aliphatic heterocycles. The van der Waals surface area contributed by atoms with Gasteiger partial charge in [0, 0.05) is 24.4 Å². The van der Waals surface area contributed by atoms with Crippen molar-refractivity contribution < 1.29 is 9.59 Å². The second kappa shape index (κ2) is 8.98. The third-order valence-electron chi connectivity index (χ3n) is 2.49. The Kier molecular flexibility index (Phi) is 7.20. The number of rotatable bonds is 5. The topological polar surface area (TPSA) is 83.1 Å². The van der Waals surface area contributed by atoms with Gasteiger partial charge in [-0.2, -0.15) is 0 Å². The molecule has 2 amide bonds. The van der Waals surface area contributed by atoms with Gasteiger partial charge in [0.1, 0.15) is 0 Å². The molecule has 1 aromatic rings. The fraction of sp³-hybridized carbons (Fsp3) is 0.385. The third-order valence-corrected chi connectivity index (χ3v) is 2.70. The number of aromatic nitrogens is 1. The second-order valence-corrected chi connectivity index (χ2v) is 4.56. The smallest absolute Gasteiger partial charge is 0.269 e. The van der Waals surface area contributed by atoms with Gasteiger partial charge in [-0.05, 0) is 30.8 Å². The molecule has 0 saturated carbocycles. The van der Waals surface area contributed by atoms with Crippen molar-refractivity contribution in [3.05, 3.63) is 30.1 Å². The number of unbranched alkanes of at least 4 members (excludes halogenated alkanes) is 2. The predicted octanol–water partition coefficient (Wildman–Crippen LogP) is 1.30. The highest BCUT2D eigenvalue weighted by atomic mass is 32.1. The van der Waals surface area contributed by atoms with E-state index in [1.807, 2.05) is 0 Å². The molecule has 0 aromatic carbocycles. The molecule has 1 rings (SSSR count). The van der Waals surface area contributed by atoms with Crippen LogP contribution in [0.5, 0.6) is 0 Å². The molecule has 0 fully saturated rings. The quantitative estimate of drug-likeness (QED) is 0.433. The van der Waals surface area contributed by atoms with Gasteiger partial charge in [-0.1, -0.05) is 19.8 Å². The standard InChI is InChI=1S/C13H18N4O2S/c1-2-3-4-5-11(18)15-13(20)17-16-12(19)10-6-8-14-9-7-10/h6-9H,2-5H2,1H3,(H,16,19)(H2,15,17,18,20).